The quantitative estimate of drug-likeness (QED) is 0.776. The van der Waals surface area contributed by atoms with Gasteiger partial charge in [-0.15, -0.1) is 0 Å². The minimum absolute atomic E-state index is 0.156. The minimum atomic E-state index is 0.156. The van der Waals surface area contributed by atoms with Gasteiger partial charge in [0, 0.05) is 29.6 Å². The molecular formula is C20H21N3O. The molecule has 1 aliphatic carbocycles. The fourth-order valence-electron chi connectivity index (χ4n) is 3.38. The number of amides is 1. The second kappa shape index (κ2) is 6.11. The summed E-state index contributed by atoms with van der Waals surface area (Å²) in [6.45, 7) is 2.07. The van der Waals surface area contributed by atoms with Gasteiger partial charge in [0.25, 0.3) is 0 Å². The molecule has 0 saturated heterocycles. The third kappa shape index (κ3) is 2.92. The lowest BCUT2D eigenvalue weighted by Gasteiger charge is -2.10. The summed E-state index contributed by atoms with van der Waals surface area (Å²) in [5.41, 5.74) is 4.99. The Morgan fingerprint density at radius 1 is 1.17 bits per heavy atom. The summed E-state index contributed by atoms with van der Waals surface area (Å²) in [5, 5.41) is 3.03. The van der Waals surface area contributed by atoms with Gasteiger partial charge in [0.05, 0.1) is 5.69 Å². The molecule has 0 atom stereocenters. The van der Waals surface area contributed by atoms with Crippen LogP contribution in [-0.2, 0) is 4.79 Å². The van der Waals surface area contributed by atoms with Crippen LogP contribution in [0.5, 0.6) is 0 Å². The molecular weight excluding hydrogens is 298 g/mol. The van der Waals surface area contributed by atoms with Crippen LogP contribution in [0.3, 0.4) is 0 Å². The number of nitrogens with zero attached hydrogens (tertiary/aromatic N) is 2. The molecule has 0 aliphatic heterocycles. The molecule has 1 aliphatic rings. The van der Waals surface area contributed by atoms with Gasteiger partial charge in [-0.05, 0) is 49.6 Å². The number of aromatic nitrogens is 2. The van der Waals surface area contributed by atoms with Gasteiger partial charge < -0.3 is 9.72 Å². The van der Waals surface area contributed by atoms with Crippen LogP contribution in [0.25, 0.3) is 16.9 Å². The normalized spacial score (nSPS) is 15.0. The lowest BCUT2D eigenvalue weighted by molar-refractivity contribution is -0.119. The molecule has 0 unspecified atom stereocenters. The number of anilines is 1. The molecule has 24 heavy (non-hydrogen) atoms. The molecule has 3 aromatic rings. The summed E-state index contributed by atoms with van der Waals surface area (Å²) in [6, 6.07) is 12.1. The number of aryl methyl sites for hydroxylation is 1. The van der Waals surface area contributed by atoms with Crippen LogP contribution < -0.4 is 5.32 Å². The van der Waals surface area contributed by atoms with Gasteiger partial charge in [-0.2, -0.15) is 0 Å². The number of nitrogens with one attached hydrogen (secondary N) is 1. The molecule has 1 saturated carbocycles. The third-order valence-electron chi connectivity index (χ3n) is 4.79. The Labute approximate surface area is 141 Å². The van der Waals surface area contributed by atoms with E-state index in [1.165, 1.54) is 18.4 Å². The van der Waals surface area contributed by atoms with E-state index in [1.54, 1.807) is 0 Å². The Balaban J connectivity index is 1.53. The van der Waals surface area contributed by atoms with Crippen molar-refractivity contribution in [1.82, 2.24) is 9.38 Å². The topological polar surface area (TPSA) is 46.4 Å². The van der Waals surface area contributed by atoms with E-state index in [2.05, 4.69) is 29.4 Å². The number of carbonyl (C=O) groups is 1. The van der Waals surface area contributed by atoms with Crippen LogP contribution in [0.1, 0.15) is 31.2 Å². The summed E-state index contributed by atoms with van der Waals surface area (Å²) in [4.78, 5) is 16.9. The fourth-order valence-corrected chi connectivity index (χ4v) is 3.38. The van der Waals surface area contributed by atoms with Crippen LogP contribution in [0.2, 0.25) is 0 Å². The molecule has 4 heteroatoms. The maximum atomic E-state index is 12.2. The average molecular weight is 319 g/mol. The predicted molar refractivity (Wildman–Crippen MR) is 96.0 cm³/mol. The average Bonchev–Trinajstić information content (AvgIpc) is 3.24. The van der Waals surface area contributed by atoms with Gasteiger partial charge in [-0.25, -0.2) is 4.98 Å². The number of carbonyl (C=O) groups excluding carboxylic acids is 1. The molecule has 0 bridgehead atoms. The van der Waals surface area contributed by atoms with E-state index in [-0.39, 0.29) is 11.8 Å². The highest BCUT2D eigenvalue weighted by molar-refractivity contribution is 5.92. The molecule has 4 rings (SSSR count). The smallest absolute Gasteiger partial charge is 0.227 e. The SMILES string of the molecule is Cc1ccn2cc(-c3ccc(NC(=O)C4CCCC4)cc3)nc2c1. The number of fused-ring (bicyclic) bond motifs is 1. The minimum Gasteiger partial charge on any atom is -0.326 e. The number of imidazole rings is 1. The number of benzene rings is 1. The van der Waals surface area contributed by atoms with Crippen LogP contribution >= 0.6 is 0 Å². The maximum Gasteiger partial charge on any atom is 0.227 e. The molecule has 1 aromatic carbocycles. The van der Waals surface area contributed by atoms with Crippen molar-refractivity contribution in [3.8, 4) is 11.3 Å². The van der Waals surface area contributed by atoms with E-state index in [1.807, 2.05) is 41.1 Å². The summed E-state index contributed by atoms with van der Waals surface area (Å²) < 4.78 is 2.03. The summed E-state index contributed by atoms with van der Waals surface area (Å²) >= 11 is 0. The van der Waals surface area contributed by atoms with E-state index in [0.717, 1.165) is 35.4 Å². The monoisotopic (exact) mass is 319 g/mol. The molecule has 2 aromatic heterocycles. The second-order valence-corrected chi connectivity index (χ2v) is 6.64. The van der Waals surface area contributed by atoms with Crippen molar-refractivity contribution in [1.29, 1.82) is 0 Å². The van der Waals surface area contributed by atoms with Crippen molar-refractivity contribution in [2.75, 3.05) is 5.32 Å². The van der Waals surface area contributed by atoms with Crippen molar-refractivity contribution in [2.45, 2.75) is 32.6 Å². The summed E-state index contributed by atoms with van der Waals surface area (Å²) in [5.74, 6) is 0.342. The number of hydrogen-bond donors (Lipinski definition) is 1. The Morgan fingerprint density at radius 3 is 2.67 bits per heavy atom. The lowest BCUT2D eigenvalue weighted by Crippen LogP contribution is -2.20. The first-order valence-electron chi connectivity index (χ1n) is 8.56. The molecule has 2 heterocycles. The largest absolute Gasteiger partial charge is 0.326 e. The van der Waals surface area contributed by atoms with Crippen LogP contribution in [-0.4, -0.2) is 15.3 Å². The van der Waals surface area contributed by atoms with E-state index in [9.17, 15) is 4.79 Å². The first-order chi connectivity index (χ1) is 11.7. The third-order valence-corrected chi connectivity index (χ3v) is 4.79. The number of hydrogen-bond acceptors (Lipinski definition) is 2. The van der Waals surface area contributed by atoms with Gasteiger partial charge in [0.15, 0.2) is 0 Å². The Kier molecular flexibility index (Phi) is 3.81. The first-order valence-corrected chi connectivity index (χ1v) is 8.56. The van der Waals surface area contributed by atoms with Crippen molar-refractivity contribution in [3.05, 3.63) is 54.4 Å². The van der Waals surface area contributed by atoms with Gasteiger partial charge >= 0.3 is 0 Å². The molecule has 1 fully saturated rings. The predicted octanol–water partition coefficient (Wildman–Crippen LogP) is 4.44. The van der Waals surface area contributed by atoms with E-state index in [4.69, 9.17) is 0 Å². The Hall–Kier alpha value is -2.62. The highest BCUT2D eigenvalue weighted by Gasteiger charge is 2.22. The van der Waals surface area contributed by atoms with Crippen LogP contribution in [0, 0.1) is 12.8 Å². The lowest BCUT2D eigenvalue weighted by atomic mass is 10.1. The maximum absolute atomic E-state index is 12.2. The van der Waals surface area contributed by atoms with Crippen LogP contribution in [0.15, 0.2) is 48.8 Å². The molecule has 122 valence electrons. The van der Waals surface area contributed by atoms with Crippen molar-refractivity contribution in [3.63, 3.8) is 0 Å². The van der Waals surface area contributed by atoms with Crippen LogP contribution in [0.4, 0.5) is 5.69 Å². The fraction of sp³-hybridized carbons (Fsp3) is 0.300. The summed E-state index contributed by atoms with van der Waals surface area (Å²) in [7, 11) is 0. The van der Waals surface area contributed by atoms with E-state index < -0.39 is 0 Å². The zero-order chi connectivity index (χ0) is 16.5. The standard InChI is InChI=1S/C20H21N3O/c1-14-10-11-23-13-18(22-19(23)12-14)15-6-8-17(9-7-15)21-20(24)16-4-2-3-5-16/h6-13,16H,2-5H2,1H3,(H,21,24). The first kappa shape index (κ1) is 14.9. The van der Waals surface area contributed by atoms with Gasteiger partial charge in [-0.3, -0.25) is 4.79 Å². The van der Waals surface area contributed by atoms with Gasteiger partial charge in [0.1, 0.15) is 5.65 Å². The molecule has 0 radical (unpaired) electrons. The molecule has 1 N–H and O–H groups in total. The molecule has 4 nitrogen and oxygen atoms in total. The zero-order valence-corrected chi connectivity index (χ0v) is 13.8. The zero-order valence-electron chi connectivity index (χ0n) is 13.8. The second-order valence-electron chi connectivity index (χ2n) is 6.64. The number of pyridine rings is 1. The van der Waals surface area contributed by atoms with E-state index >= 15 is 0 Å². The highest BCUT2D eigenvalue weighted by atomic mass is 16.1. The Morgan fingerprint density at radius 2 is 1.92 bits per heavy atom. The summed E-state index contributed by atoms with van der Waals surface area (Å²) in [6.07, 6.45) is 8.43. The molecule has 1 amide bonds. The van der Waals surface area contributed by atoms with Crippen molar-refractivity contribution in [2.24, 2.45) is 5.92 Å². The Bertz CT molecular complexity index is 874. The van der Waals surface area contributed by atoms with Gasteiger partial charge in [0.2, 0.25) is 5.91 Å². The molecule has 0 spiro atoms. The van der Waals surface area contributed by atoms with Crippen molar-refractivity contribution < 1.29 is 4.79 Å². The number of rotatable bonds is 3. The highest BCUT2D eigenvalue weighted by Crippen LogP contribution is 2.27. The van der Waals surface area contributed by atoms with Gasteiger partial charge in [-0.1, -0.05) is 25.0 Å². The van der Waals surface area contributed by atoms with E-state index in [0.29, 0.717) is 0 Å². The van der Waals surface area contributed by atoms with Crippen molar-refractivity contribution >= 4 is 17.2 Å².